The predicted molar refractivity (Wildman–Crippen MR) is 106 cm³/mol. The number of esters is 1. The molecule has 3 rings (SSSR count). The van der Waals surface area contributed by atoms with Gasteiger partial charge in [-0.2, -0.15) is 0 Å². The second-order valence-electron chi connectivity index (χ2n) is 6.59. The van der Waals surface area contributed by atoms with Crippen LogP contribution in [0.1, 0.15) is 17.4 Å². The number of carbonyl (C=O) groups excluding carboxylic acids is 1. The molecule has 0 radical (unpaired) electrons. The highest BCUT2D eigenvalue weighted by atomic mass is 16.5. The highest BCUT2D eigenvalue weighted by molar-refractivity contribution is 5.95. The summed E-state index contributed by atoms with van der Waals surface area (Å²) in [5.74, 6) is 0.454. The number of anilines is 1. The van der Waals surface area contributed by atoms with Crippen molar-refractivity contribution in [3.8, 4) is 11.3 Å². The van der Waals surface area contributed by atoms with Crippen molar-refractivity contribution in [1.82, 2.24) is 19.3 Å². The van der Waals surface area contributed by atoms with Gasteiger partial charge in [-0.3, -0.25) is 4.40 Å². The van der Waals surface area contributed by atoms with Crippen LogP contribution in [0, 0.1) is 0 Å². The molecule has 0 aliphatic heterocycles. The topological polar surface area (TPSA) is 63.0 Å². The minimum Gasteiger partial charge on any atom is -0.461 e. The lowest BCUT2D eigenvalue weighted by Gasteiger charge is -2.20. The average molecular weight is 367 g/mol. The Labute approximate surface area is 159 Å². The molecular formula is C20H25N5O2. The van der Waals surface area contributed by atoms with Crippen molar-refractivity contribution >= 4 is 17.4 Å². The number of aromatic nitrogens is 3. The summed E-state index contributed by atoms with van der Waals surface area (Å²) in [6.45, 7) is 3.91. The van der Waals surface area contributed by atoms with E-state index in [1.165, 1.54) is 0 Å². The van der Waals surface area contributed by atoms with Crippen LogP contribution in [0.2, 0.25) is 0 Å². The van der Waals surface area contributed by atoms with Gasteiger partial charge in [0.15, 0.2) is 5.69 Å². The fourth-order valence-electron chi connectivity index (χ4n) is 2.83. The van der Waals surface area contributed by atoms with E-state index in [9.17, 15) is 4.79 Å². The molecule has 3 heterocycles. The zero-order valence-corrected chi connectivity index (χ0v) is 16.2. The molecule has 0 spiro atoms. The first-order valence-corrected chi connectivity index (χ1v) is 8.97. The highest BCUT2D eigenvalue weighted by Gasteiger charge is 2.21. The molecule has 27 heavy (non-hydrogen) atoms. The fraction of sp³-hybridized carbons (Fsp3) is 0.350. The number of rotatable bonds is 7. The van der Waals surface area contributed by atoms with Gasteiger partial charge in [0.2, 0.25) is 0 Å². The molecular weight excluding hydrogens is 342 g/mol. The first-order chi connectivity index (χ1) is 13.0. The quantitative estimate of drug-likeness (QED) is 0.598. The molecule has 0 saturated heterocycles. The van der Waals surface area contributed by atoms with E-state index in [1.807, 2.05) is 62.1 Å². The van der Waals surface area contributed by atoms with Crippen LogP contribution in [0.15, 0.2) is 42.7 Å². The van der Waals surface area contributed by atoms with Gasteiger partial charge in [-0.05, 0) is 45.3 Å². The molecule has 0 aromatic carbocycles. The third-order valence-electron chi connectivity index (χ3n) is 4.29. The van der Waals surface area contributed by atoms with Crippen LogP contribution in [0.4, 0.5) is 5.82 Å². The van der Waals surface area contributed by atoms with Crippen molar-refractivity contribution in [1.29, 1.82) is 0 Å². The molecule has 0 aliphatic carbocycles. The maximum Gasteiger partial charge on any atom is 0.359 e. The summed E-state index contributed by atoms with van der Waals surface area (Å²) in [6.07, 6.45) is 3.66. The molecule has 0 saturated carbocycles. The zero-order chi connectivity index (χ0) is 19.4. The summed E-state index contributed by atoms with van der Waals surface area (Å²) in [5.41, 5.74) is 2.52. The van der Waals surface area contributed by atoms with Gasteiger partial charge in [0.1, 0.15) is 11.5 Å². The second-order valence-corrected chi connectivity index (χ2v) is 6.59. The van der Waals surface area contributed by atoms with Gasteiger partial charge in [-0.15, -0.1) is 0 Å². The van der Waals surface area contributed by atoms with Gasteiger partial charge in [0.05, 0.1) is 12.3 Å². The van der Waals surface area contributed by atoms with Crippen LogP contribution in [0.25, 0.3) is 16.9 Å². The number of ether oxygens (including phenoxy) is 1. The van der Waals surface area contributed by atoms with Crippen molar-refractivity contribution in [2.45, 2.75) is 6.92 Å². The van der Waals surface area contributed by atoms with Crippen LogP contribution in [-0.2, 0) is 4.74 Å². The molecule has 0 bridgehead atoms. The number of imidazole rings is 1. The van der Waals surface area contributed by atoms with Crippen LogP contribution >= 0.6 is 0 Å². The fourth-order valence-corrected chi connectivity index (χ4v) is 2.83. The van der Waals surface area contributed by atoms with Crippen molar-refractivity contribution in [3.63, 3.8) is 0 Å². The summed E-state index contributed by atoms with van der Waals surface area (Å²) in [5, 5.41) is 0. The number of fused-ring (bicyclic) bond motifs is 1. The van der Waals surface area contributed by atoms with E-state index in [-0.39, 0.29) is 0 Å². The number of likely N-dealkylation sites (N-methyl/N-ethyl adjacent to an activating group) is 2. The molecule has 142 valence electrons. The monoisotopic (exact) mass is 367 g/mol. The van der Waals surface area contributed by atoms with E-state index in [0.717, 1.165) is 24.5 Å². The van der Waals surface area contributed by atoms with Gasteiger partial charge in [0.25, 0.3) is 0 Å². The molecule has 3 aromatic heterocycles. The Bertz CT molecular complexity index is 918. The van der Waals surface area contributed by atoms with Gasteiger partial charge >= 0.3 is 5.97 Å². The van der Waals surface area contributed by atoms with E-state index >= 15 is 0 Å². The highest BCUT2D eigenvalue weighted by Crippen LogP contribution is 2.26. The summed E-state index contributed by atoms with van der Waals surface area (Å²) in [7, 11) is 6.11. The Balaban J connectivity index is 1.97. The van der Waals surface area contributed by atoms with Gasteiger partial charge in [0, 0.05) is 38.1 Å². The number of pyridine rings is 2. The first-order valence-electron chi connectivity index (χ1n) is 8.97. The standard InChI is InChI=1S/C20H25N5O2/c1-5-27-20(26)18-19(25-11-7-6-8-17(25)22-18)15-9-10-16(21-14-15)24(4)13-12-23(2)3/h6-11,14H,5,12-13H2,1-4H3. The summed E-state index contributed by atoms with van der Waals surface area (Å²) < 4.78 is 7.08. The number of nitrogens with zero attached hydrogens (tertiary/aromatic N) is 5. The molecule has 0 atom stereocenters. The normalized spacial score (nSPS) is 11.1. The molecule has 0 amide bonds. The summed E-state index contributed by atoms with van der Waals surface area (Å²) in [4.78, 5) is 25.7. The van der Waals surface area contributed by atoms with Crippen molar-refractivity contribution in [2.24, 2.45) is 0 Å². The maximum atomic E-state index is 12.4. The number of hydrogen-bond donors (Lipinski definition) is 0. The predicted octanol–water partition coefficient (Wildman–Crippen LogP) is 2.57. The first kappa shape index (κ1) is 18.8. The molecule has 7 nitrogen and oxygen atoms in total. The molecule has 0 unspecified atom stereocenters. The Morgan fingerprint density at radius 2 is 1.96 bits per heavy atom. The third-order valence-corrected chi connectivity index (χ3v) is 4.29. The number of hydrogen-bond acceptors (Lipinski definition) is 6. The molecule has 0 N–H and O–H groups in total. The van der Waals surface area contributed by atoms with Gasteiger partial charge in [-0.1, -0.05) is 6.07 Å². The van der Waals surface area contributed by atoms with Crippen LogP contribution in [0.5, 0.6) is 0 Å². The Morgan fingerprint density at radius 1 is 1.15 bits per heavy atom. The molecule has 3 aromatic rings. The zero-order valence-electron chi connectivity index (χ0n) is 16.2. The Morgan fingerprint density at radius 3 is 2.63 bits per heavy atom. The molecule has 0 aliphatic rings. The van der Waals surface area contributed by atoms with E-state index < -0.39 is 5.97 Å². The van der Waals surface area contributed by atoms with E-state index in [1.54, 1.807) is 13.1 Å². The SMILES string of the molecule is CCOC(=O)c1nc2ccccn2c1-c1ccc(N(C)CCN(C)C)nc1. The maximum absolute atomic E-state index is 12.4. The van der Waals surface area contributed by atoms with Crippen LogP contribution < -0.4 is 4.90 Å². The lowest BCUT2D eigenvalue weighted by molar-refractivity contribution is 0.0521. The Hall–Kier alpha value is -2.93. The van der Waals surface area contributed by atoms with E-state index in [2.05, 4.69) is 19.8 Å². The second kappa shape index (κ2) is 8.18. The lowest BCUT2D eigenvalue weighted by atomic mass is 10.1. The molecule has 0 fully saturated rings. The summed E-state index contributed by atoms with van der Waals surface area (Å²) in [6, 6.07) is 9.59. The minimum atomic E-state index is -0.427. The van der Waals surface area contributed by atoms with Gasteiger partial charge < -0.3 is 14.5 Å². The Kier molecular flexibility index (Phi) is 5.71. The van der Waals surface area contributed by atoms with E-state index in [0.29, 0.717) is 23.6 Å². The average Bonchev–Trinajstić information content (AvgIpc) is 3.06. The van der Waals surface area contributed by atoms with Crippen molar-refractivity contribution in [2.75, 3.05) is 45.7 Å². The lowest BCUT2D eigenvalue weighted by Crippen LogP contribution is -2.28. The smallest absolute Gasteiger partial charge is 0.359 e. The van der Waals surface area contributed by atoms with Crippen LogP contribution in [0.3, 0.4) is 0 Å². The van der Waals surface area contributed by atoms with Crippen LogP contribution in [-0.4, -0.2) is 66.1 Å². The van der Waals surface area contributed by atoms with E-state index in [4.69, 9.17) is 4.74 Å². The minimum absolute atomic E-state index is 0.304. The van der Waals surface area contributed by atoms with Crippen molar-refractivity contribution < 1.29 is 9.53 Å². The summed E-state index contributed by atoms with van der Waals surface area (Å²) >= 11 is 0. The van der Waals surface area contributed by atoms with Crippen molar-refractivity contribution in [3.05, 3.63) is 48.4 Å². The molecule has 7 heteroatoms. The number of carbonyl (C=O) groups is 1. The third kappa shape index (κ3) is 4.09. The largest absolute Gasteiger partial charge is 0.461 e. The van der Waals surface area contributed by atoms with Gasteiger partial charge in [-0.25, -0.2) is 14.8 Å².